The summed E-state index contributed by atoms with van der Waals surface area (Å²) in [7, 11) is 0. The maximum Gasteiger partial charge on any atom is 0.246 e. The summed E-state index contributed by atoms with van der Waals surface area (Å²) in [6, 6.07) is -5.30. The number of nitrogens with two attached hydrogens (primary N) is 8. The lowest BCUT2D eigenvalue weighted by molar-refractivity contribution is -0.290. The van der Waals surface area contributed by atoms with E-state index in [1.54, 1.807) is 0 Å². The van der Waals surface area contributed by atoms with E-state index >= 15 is 0 Å². The fourth-order valence-corrected chi connectivity index (χ4v) is 7.93. The number of aliphatic hydroxyl groups excluding tert-OH is 6. The summed E-state index contributed by atoms with van der Waals surface area (Å²) in [5.74, 6) is -0.953. The molecule has 27 heteroatoms. The number of nitrogens with one attached hydrogen (secondary N) is 2. The van der Waals surface area contributed by atoms with Crippen molar-refractivity contribution < 1.29 is 82.9 Å². The molecule has 20 atom stereocenters. The summed E-state index contributed by atoms with van der Waals surface area (Å²) in [4.78, 5) is 25.1. The van der Waals surface area contributed by atoms with Gasteiger partial charge in [0.15, 0.2) is 12.6 Å². The number of amides is 2. The molecule has 4 fully saturated rings. The highest BCUT2D eigenvalue weighted by atomic mass is 16.7. The highest BCUT2D eigenvalue weighted by Gasteiger charge is 2.50. The molecule has 4 rings (SSSR count). The van der Waals surface area contributed by atoms with Crippen molar-refractivity contribution in [3.8, 4) is 0 Å². The van der Waals surface area contributed by atoms with Gasteiger partial charge in [0.2, 0.25) is 11.8 Å². The third-order valence-corrected chi connectivity index (χ3v) is 11.8. The van der Waals surface area contributed by atoms with Gasteiger partial charge in [-0.1, -0.05) is 0 Å². The van der Waals surface area contributed by atoms with Crippen molar-refractivity contribution in [2.45, 2.75) is 148 Å². The number of rotatable bonds is 26. The number of carbonyl (C=O) groups excluding carboxylic acids is 2. The molecule has 2 heterocycles. The number of hydrogen-bond donors (Lipinski definition) is 16. The van der Waals surface area contributed by atoms with Crippen molar-refractivity contribution >= 4 is 11.8 Å². The van der Waals surface area contributed by atoms with Gasteiger partial charge in [0.25, 0.3) is 0 Å². The van der Waals surface area contributed by atoms with Crippen LogP contribution in [0.2, 0.25) is 0 Å². The van der Waals surface area contributed by atoms with Gasteiger partial charge in [-0.2, -0.15) is 0 Å². The lowest BCUT2D eigenvalue weighted by Gasteiger charge is -2.46. The van der Waals surface area contributed by atoms with Crippen LogP contribution in [0, 0.1) is 0 Å². The predicted octanol–water partition coefficient (Wildman–Crippen LogP) is -10.1. The third-order valence-electron chi connectivity index (χ3n) is 11.8. The van der Waals surface area contributed by atoms with Gasteiger partial charge in [-0.25, -0.2) is 0 Å². The van der Waals surface area contributed by atoms with Crippen LogP contribution in [0.5, 0.6) is 0 Å². The molecule has 0 aromatic heterocycles. The summed E-state index contributed by atoms with van der Waals surface area (Å²) < 4.78 is 51.4. The van der Waals surface area contributed by atoms with Gasteiger partial charge in [0.1, 0.15) is 74.3 Å². The molecule has 2 saturated carbocycles. The van der Waals surface area contributed by atoms with Crippen molar-refractivity contribution in [1.29, 1.82) is 0 Å². The molecular formula is C38H76N10O17. The molecule has 24 N–H and O–H groups in total. The number of aliphatic hydroxyl groups is 6. The van der Waals surface area contributed by atoms with Crippen LogP contribution in [0.25, 0.3) is 0 Å². The van der Waals surface area contributed by atoms with Crippen molar-refractivity contribution in [3.63, 3.8) is 0 Å². The lowest BCUT2D eigenvalue weighted by atomic mass is 9.84. The fraction of sp³-hybridized carbons (Fsp3) is 0.947. The van der Waals surface area contributed by atoms with Gasteiger partial charge in [-0.3, -0.25) is 9.59 Å². The number of hydrogen-bond acceptors (Lipinski definition) is 25. The van der Waals surface area contributed by atoms with Crippen LogP contribution in [-0.4, -0.2) is 244 Å². The molecule has 0 bridgehead atoms. The van der Waals surface area contributed by atoms with Crippen molar-refractivity contribution in [3.05, 3.63) is 0 Å². The van der Waals surface area contributed by atoms with Gasteiger partial charge < -0.3 is 130 Å². The smallest absolute Gasteiger partial charge is 0.246 e. The average molecular weight is 945 g/mol. The van der Waals surface area contributed by atoms with Crippen LogP contribution in [-0.2, 0) is 52.2 Å². The van der Waals surface area contributed by atoms with Crippen LogP contribution in [0.4, 0.5) is 0 Å². The van der Waals surface area contributed by atoms with Gasteiger partial charge in [-0.15, -0.1) is 0 Å². The predicted molar refractivity (Wildman–Crippen MR) is 225 cm³/mol. The summed E-state index contributed by atoms with van der Waals surface area (Å²) >= 11 is 0. The Morgan fingerprint density at radius 1 is 0.492 bits per heavy atom. The second-order valence-corrected chi connectivity index (χ2v) is 16.8. The Morgan fingerprint density at radius 2 is 0.892 bits per heavy atom. The molecular weight excluding hydrogens is 868 g/mol. The highest BCUT2D eigenvalue weighted by Crippen LogP contribution is 2.30. The van der Waals surface area contributed by atoms with Crippen LogP contribution in [0.15, 0.2) is 0 Å². The van der Waals surface area contributed by atoms with Crippen LogP contribution in [0.1, 0.15) is 25.7 Å². The van der Waals surface area contributed by atoms with E-state index in [1.807, 2.05) is 0 Å². The summed E-state index contributed by atoms with van der Waals surface area (Å²) in [6.45, 7) is 1.39. The van der Waals surface area contributed by atoms with E-state index in [0.717, 1.165) is 0 Å². The first-order valence-electron chi connectivity index (χ1n) is 22.1. The zero-order valence-corrected chi connectivity index (χ0v) is 36.7. The minimum absolute atomic E-state index is 0.115. The molecule has 2 aliphatic heterocycles. The zero-order chi connectivity index (χ0) is 47.8. The van der Waals surface area contributed by atoms with Crippen LogP contribution >= 0.6 is 0 Å². The van der Waals surface area contributed by atoms with E-state index in [1.165, 1.54) is 0 Å². The summed E-state index contributed by atoms with van der Waals surface area (Å²) in [5, 5.41) is 68.0. The van der Waals surface area contributed by atoms with Crippen molar-refractivity contribution in [2.24, 2.45) is 45.9 Å². The molecule has 65 heavy (non-hydrogen) atoms. The van der Waals surface area contributed by atoms with Crippen molar-refractivity contribution in [2.75, 3.05) is 79.0 Å². The number of carbonyl (C=O) groups is 2. The Balaban J connectivity index is 1.00. The molecule has 0 spiro atoms. The molecule has 2 amide bonds. The topological polar surface area (TPSA) is 471 Å². The zero-order valence-electron chi connectivity index (χ0n) is 36.7. The Labute approximate surface area is 377 Å². The fourth-order valence-electron chi connectivity index (χ4n) is 7.93. The van der Waals surface area contributed by atoms with Crippen LogP contribution in [0.3, 0.4) is 0 Å². The number of ether oxygens (including phenoxy) is 9. The Bertz CT molecular complexity index is 1290. The molecule has 2 aliphatic carbocycles. The standard InChI is InChI=1S/C38H76N10O17/c39-13-21-29(53)31(55)25(45)37(62-21)64-33-19(43)11-17(41)27(51)35(33)60-15-23(49)47-3-1-5-58-9-10-59-7-2-6-57-8-4-48-24(50)16-61-36-28(52)18(42)12-20(44)34(36)65-38-26(46)32(56)30(54)22(14-40)63-38/h17-22,25-38,51-56H,1-16,39-46H2,(H,47,49)(H,48,50)/t17-,18-,19+,20+,21-,22-,25-,26-,27+,28+,29-,30-,31-,32-,33-,34-,35-,36-,37-,38-/m1/s1. The third kappa shape index (κ3) is 16.0. The highest BCUT2D eigenvalue weighted by molar-refractivity contribution is 5.77. The van der Waals surface area contributed by atoms with E-state index in [4.69, 9.17) is 88.5 Å². The second-order valence-electron chi connectivity index (χ2n) is 16.8. The van der Waals surface area contributed by atoms with E-state index in [0.29, 0.717) is 45.9 Å². The monoisotopic (exact) mass is 945 g/mol. The van der Waals surface area contributed by atoms with E-state index < -0.39 is 147 Å². The SMILES string of the molecule is NC[C@H]1O[C@H](O[C@H]2[C@H](OCC(=O)NCCCOCCOCCCOCCNC(=O)CO[C@@H]3[C@@H](O)[C@H](N)C[C@H](N)[C@H]3O[C@H]3O[C@H](CN)[C@@H](O)[C@H](O)[C@H]3N)[C@@H](O)[C@H](N)C[C@@H]2N)[C@H](N)[C@@H](O)[C@@H]1O. The van der Waals surface area contributed by atoms with Gasteiger partial charge in [0, 0.05) is 70.2 Å². The Kier molecular flexibility index (Phi) is 23.8. The molecule has 0 aromatic carbocycles. The van der Waals surface area contributed by atoms with Crippen LogP contribution < -0.4 is 56.5 Å². The maximum absolute atomic E-state index is 12.5. The molecule has 27 nitrogen and oxygen atoms in total. The molecule has 380 valence electrons. The molecule has 0 aromatic rings. The molecule has 2 saturated heterocycles. The van der Waals surface area contributed by atoms with Crippen molar-refractivity contribution in [1.82, 2.24) is 10.6 Å². The lowest BCUT2D eigenvalue weighted by Crippen LogP contribution is -2.68. The first kappa shape index (κ1) is 55.6. The van der Waals surface area contributed by atoms with Gasteiger partial charge >= 0.3 is 0 Å². The Hall–Kier alpha value is -1.98. The molecule has 4 aliphatic rings. The average Bonchev–Trinajstić information content (AvgIpc) is 3.28. The quantitative estimate of drug-likeness (QED) is 0.0358. The minimum Gasteiger partial charge on any atom is -0.389 e. The van der Waals surface area contributed by atoms with E-state index in [9.17, 15) is 40.2 Å². The normalized spacial score (nSPS) is 40.1. The first-order chi connectivity index (χ1) is 31.0. The first-order valence-corrected chi connectivity index (χ1v) is 22.1. The summed E-state index contributed by atoms with van der Waals surface area (Å²) in [5.41, 5.74) is 48.1. The molecule has 0 unspecified atom stereocenters. The maximum atomic E-state index is 12.5. The van der Waals surface area contributed by atoms with Gasteiger partial charge in [0.05, 0.1) is 44.1 Å². The molecule has 0 radical (unpaired) electrons. The van der Waals surface area contributed by atoms with E-state index in [-0.39, 0.29) is 45.6 Å². The second kappa shape index (κ2) is 27.9. The minimum atomic E-state index is -1.39. The Morgan fingerprint density at radius 3 is 1.32 bits per heavy atom. The van der Waals surface area contributed by atoms with E-state index in [2.05, 4.69) is 10.6 Å². The van der Waals surface area contributed by atoms with Gasteiger partial charge in [-0.05, 0) is 25.7 Å². The largest absolute Gasteiger partial charge is 0.389 e. The summed E-state index contributed by atoms with van der Waals surface area (Å²) in [6.07, 6.45) is -15.2.